The molecule has 1 aromatic rings. The Morgan fingerprint density at radius 2 is 1.80 bits per heavy atom. The van der Waals surface area contributed by atoms with E-state index in [0.29, 0.717) is 45.1 Å². The fraction of sp³-hybridized carbons (Fsp3) is 0.625. The molecule has 1 aliphatic carbocycles. The summed E-state index contributed by atoms with van der Waals surface area (Å²) in [6.45, 7) is 7.14. The number of ether oxygens (including phenoxy) is 1. The third kappa shape index (κ3) is 8.84. The van der Waals surface area contributed by atoms with Gasteiger partial charge in [0.2, 0.25) is 11.8 Å². The number of carbonyl (C=O) groups is 4. The largest absolute Gasteiger partial charge is 0.444 e. The molecule has 0 spiro atoms. The minimum absolute atomic E-state index is 0.166. The highest BCUT2D eigenvalue weighted by Gasteiger charge is 2.70. The molecule has 1 saturated heterocycles. The molecule has 12 nitrogen and oxygen atoms in total. The van der Waals surface area contributed by atoms with Crippen molar-refractivity contribution in [1.82, 2.24) is 20.3 Å². The first kappa shape index (κ1) is 34.4. The quantitative estimate of drug-likeness (QED) is 0.381. The molecule has 1 unspecified atom stereocenters. The second-order valence-electron chi connectivity index (χ2n) is 13.4. The van der Waals surface area contributed by atoms with Crippen molar-refractivity contribution in [2.45, 2.75) is 109 Å². The van der Waals surface area contributed by atoms with Gasteiger partial charge in [0.25, 0.3) is 5.91 Å². The summed E-state index contributed by atoms with van der Waals surface area (Å²) in [7, 11) is -4.47. The van der Waals surface area contributed by atoms with Gasteiger partial charge in [0, 0.05) is 12.0 Å². The van der Waals surface area contributed by atoms with Crippen LogP contribution in [0, 0.1) is 5.41 Å². The van der Waals surface area contributed by atoms with E-state index < -0.39 is 62.8 Å². The molecular weight excluding hydrogens is 600 g/mol. The Kier molecular flexibility index (Phi) is 10.6. The first-order valence-corrected chi connectivity index (χ1v) is 17.1. The second-order valence-corrected chi connectivity index (χ2v) is 14.7. The summed E-state index contributed by atoms with van der Waals surface area (Å²) in [5.41, 5.74) is -2.27. The van der Waals surface area contributed by atoms with Crippen LogP contribution in [0.2, 0.25) is 0 Å². The summed E-state index contributed by atoms with van der Waals surface area (Å²) in [5.74, 6) is -1.84. The Morgan fingerprint density at radius 3 is 2.51 bits per heavy atom. The normalized spacial score (nSPS) is 28.4. The fourth-order valence-corrected chi connectivity index (χ4v) is 6.83. The number of carbonyl (C=O) groups excluding carboxylic acids is 4. The van der Waals surface area contributed by atoms with Gasteiger partial charge in [-0.2, -0.15) is 8.42 Å². The third-order valence-electron chi connectivity index (χ3n) is 8.57. The topological polar surface area (TPSA) is 160 Å². The summed E-state index contributed by atoms with van der Waals surface area (Å²) in [6, 6.07) is 7.44. The molecule has 0 aromatic heterocycles. The van der Waals surface area contributed by atoms with Crippen LogP contribution in [0.25, 0.3) is 0 Å². The Labute approximate surface area is 265 Å². The lowest BCUT2D eigenvalue weighted by Crippen LogP contribution is -2.59. The number of hydrogen-bond acceptors (Lipinski definition) is 8. The van der Waals surface area contributed by atoms with Gasteiger partial charge < -0.3 is 20.3 Å². The molecule has 2 aliphatic heterocycles. The van der Waals surface area contributed by atoms with Gasteiger partial charge in [0.15, 0.2) is 0 Å². The van der Waals surface area contributed by atoms with Crippen molar-refractivity contribution < 1.29 is 36.5 Å². The van der Waals surface area contributed by atoms with E-state index in [1.807, 2.05) is 47.2 Å². The highest BCUT2D eigenvalue weighted by atomic mass is 32.2. The van der Waals surface area contributed by atoms with E-state index in [9.17, 15) is 27.6 Å². The van der Waals surface area contributed by atoms with Crippen LogP contribution in [0.15, 0.2) is 42.5 Å². The molecule has 4 amide bonds. The van der Waals surface area contributed by atoms with Crippen molar-refractivity contribution in [2.75, 3.05) is 13.2 Å². The van der Waals surface area contributed by atoms with Crippen molar-refractivity contribution in [1.29, 1.82) is 0 Å². The van der Waals surface area contributed by atoms with Crippen molar-refractivity contribution in [3.63, 3.8) is 0 Å². The van der Waals surface area contributed by atoms with E-state index in [0.717, 1.165) is 18.4 Å². The van der Waals surface area contributed by atoms with Gasteiger partial charge in [-0.05, 0) is 71.3 Å². The van der Waals surface area contributed by atoms with E-state index in [2.05, 4.69) is 10.6 Å². The van der Waals surface area contributed by atoms with Gasteiger partial charge in [0.05, 0.1) is 6.61 Å². The Balaban J connectivity index is 1.51. The molecule has 1 saturated carbocycles. The zero-order valence-corrected chi connectivity index (χ0v) is 27.4. The minimum Gasteiger partial charge on any atom is -0.444 e. The second kappa shape index (κ2) is 13.9. The molecule has 13 heteroatoms. The SMILES string of the molecule is CC(C)(C)OC(=O)N[C@H]1CCCCC/C=C\C2(C)C[C@@]2(C(=O)NS(=O)(=O)OCCc2ccccc2)NC(=O)[C@@H]2CCCN2C1=O. The number of nitrogens with zero attached hydrogens (tertiary/aromatic N) is 1. The zero-order valence-electron chi connectivity index (χ0n) is 26.6. The van der Waals surface area contributed by atoms with E-state index in [1.54, 1.807) is 27.7 Å². The average Bonchev–Trinajstić information content (AvgIpc) is 3.27. The summed E-state index contributed by atoms with van der Waals surface area (Å²) in [4.78, 5) is 55.2. The lowest BCUT2D eigenvalue weighted by atomic mass is 9.99. The molecule has 248 valence electrons. The highest BCUT2D eigenvalue weighted by molar-refractivity contribution is 7.85. The monoisotopic (exact) mass is 646 g/mol. The Bertz CT molecular complexity index is 1390. The van der Waals surface area contributed by atoms with Crippen LogP contribution in [-0.4, -0.2) is 73.5 Å². The van der Waals surface area contributed by atoms with Crippen molar-refractivity contribution in [3.8, 4) is 0 Å². The summed E-state index contributed by atoms with van der Waals surface area (Å²) in [5, 5.41) is 5.54. The van der Waals surface area contributed by atoms with Crippen LogP contribution < -0.4 is 15.4 Å². The van der Waals surface area contributed by atoms with Crippen LogP contribution in [0.5, 0.6) is 0 Å². The predicted molar refractivity (Wildman–Crippen MR) is 167 cm³/mol. The number of hydrogen-bond donors (Lipinski definition) is 3. The number of fused-ring (bicyclic) bond motifs is 2. The number of benzene rings is 1. The van der Waals surface area contributed by atoms with Crippen LogP contribution >= 0.6 is 0 Å². The Morgan fingerprint density at radius 1 is 1.07 bits per heavy atom. The number of alkyl carbamates (subject to hydrolysis) is 1. The van der Waals surface area contributed by atoms with E-state index in [4.69, 9.17) is 8.92 Å². The van der Waals surface area contributed by atoms with Gasteiger partial charge in [0.1, 0.15) is 23.2 Å². The summed E-state index contributed by atoms with van der Waals surface area (Å²) in [6.07, 6.45) is 7.88. The lowest BCUT2D eigenvalue weighted by molar-refractivity contribution is -0.141. The van der Waals surface area contributed by atoms with Crippen molar-refractivity contribution in [2.24, 2.45) is 5.41 Å². The number of allylic oxidation sites excluding steroid dienone is 1. The third-order valence-corrected chi connectivity index (χ3v) is 9.49. The molecule has 3 aliphatic rings. The van der Waals surface area contributed by atoms with Gasteiger partial charge in [-0.25, -0.2) is 9.52 Å². The highest BCUT2D eigenvalue weighted by Crippen LogP contribution is 2.57. The Hall–Kier alpha value is -3.45. The summed E-state index contributed by atoms with van der Waals surface area (Å²) < 4.78 is 38.0. The van der Waals surface area contributed by atoms with Crippen molar-refractivity contribution >= 4 is 34.1 Å². The number of nitrogens with one attached hydrogen (secondary N) is 3. The number of rotatable bonds is 7. The molecule has 1 aromatic carbocycles. The van der Waals surface area contributed by atoms with Gasteiger partial charge >= 0.3 is 16.4 Å². The molecule has 4 atom stereocenters. The average molecular weight is 647 g/mol. The number of amides is 4. The first-order chi connectivity index (χ1) is 21.1. The maximum absolute atomic E-state index is 13.8. The molecule has 2 heterocycles. The van der Waals surface area contributed by atoms with Crippen LogP contribution in [-0.2, 0) is 40.0 Å². The smallest absolute Gasteiger partial charge is 0.408 e. The van der Waals surface area contributed by atoms with E-state index in [1.165, 1.54) is 4.90 Å². The van der Waals surface area contributed by atoms with E-state index >= 15 is 0 Å². The van der Waals surface area contributed by atoms with Gasteiger partial charge in [-0.15, -0.1) is 0 Å². The van der Waals surface area contributed by atoms with E-state index in [-0.39, 0.29) is 13.0 Å². The molecule has 45 heavy (non-hydrogen) atoms. The predicted octanol–water partition coefficient (Wildman–Crippen LogP) is 3.28. The molecule has 0 bridgehead atoms. The van der Waals surface area contributed by atoms with Gasteiger partial charge in [-0.1, -0.05) is 62.2 Å². The molecule has 4 rings (SSSR count). The zero-order chi connectivity index (χ0) is 32.9. The fourth-order valence-electron chi connectivity index (χ4n) is 6.07. The minimum atomic E-state index is -4.47. The maximum atomic E-state index is 13.8. The molecule has 3 N–H and O–H groups in total. The molecule has 2 fully saturated rings. The van der Waals surface area contributed by atoms with Crippen LogP contribution in [0.3, 0.4) is 0 Å². The van der Waals surface area contributed by atoms with Crippen LogP contribution in [0.4, 0.5) is 4.79 Å². The first-order valence-electron chi connectivity index (χ1n) is 15.7. The van der Waals surface area contributed by atoms with Gasteiger partial charge in [-0.3, -0.25) is 18.6 Å². The van der Waals surface area contributed by atoms with Crippen LogP contribution in [0.1, 0.15) is 84.6 Å². The molecule has 0 radical (unpaired) electrons. The summed E-state index contributed by atoms with van der Waals surface area (Å²) >= 11 is 0. The molecular formula is C32H46N4O8S. The maximum Gasteiger partial charge on any atom is 0.408 e. The van der Waals surface area contributed by atoms with Crippen molar-refractivity contribution in [3.05, 3.63) is 48.0 Å². The standard InChI is InChI=1S/C32H46N4O8S/c1-30(2,3)44-29(40)33-24-16-11-6-5-7-12-19-31(4)22-32(31,34-26(37)25-17-13-20-36(25)27(24)38)28(39)35-45(41,42)43-21-18-23-14-9-8-10-15-23/h8-10,12,14-15,19,24-25H,5-7,11,13,16-18,20-22H2,1-4H3,(H,33,40)(H,34,37)(H,35,39)/b19-12-/t24-,25-,31?,32-/m0/s1. The lowest BCUT2D eigenvalue weighted by Gasteiger charge is -2.31.